The lowest BCUT2D eigenvalue weighted by atomic mass is 9.77. The average Bonchev–Trinajstić information content (AvgIpc) is 2.90. The van der Waals surface area contributed by atoms with Gasteiger partial charge in [-0.05, 0) is 26.2 Å². The fraction of sp³-hybridized carbons (Fsp3) is 0.545. The minimum absolute atomic E-state index is 0. The van der Waals surface area contributed by atoms with E-state index in [1.54, 1.807) is 14.0 Å². The van der Waals surface area contributed by atoms with E-state index in [0.717, 1.165) is 19.3 Å². The molecule has 114 valence electrons. The second kappa shape index (κ2) is 5.08. The molecule has 0 aliphatic heterocycles. The second-order valence-electron chi connectivity index (χ2n) is 5.10. The lowest BCUT2D eigenvalue weighted by Crippen LogP contribution is -2.44. The van der Waals surface area contributed by atoms with Crippen molar-refractivity contribution in [2.24, 2.45) is 12.8 Å². The van der Waals surface area contributed by atoms with Gasteiger partial charge in [0.15, 0.2) is 5.82 Å². The zero-order valence-electron chi connectivity index (χ0n) is 11.6. The van der Waals surface area contributed by atoms with Gasteiger partial charge in [-0.25, -0.2) is 0 Å². The summed E-state index contributed by atoms with van der Waals surface area (Å²) in [6, 6.07) is 0. The first kappa shape index (κ1) is 15.4. The van der Waals surface area contributed by atoms with Crippen LogP contribution in [0.5, 0.6) is 0 Å². The highest BCUT2D eigenvalue weighted by molar-refractivity contribution is 5.85. The molecule has 0 atom stereocenters. The van der Waals surface area contributed by atoms with Crippen molar-refractivity contribution in [1.82, 2.24) is 19.9 Å². The van der Waals surface area contributed by atoms with Gasteiger partial charge in [0, 0.05) is 7.05 Å². The minimum atomic E-state index is -0.565. The summed E-state index contributed by atoms with van der Waals surface area (Å²) in [4.78, 5) is 14.9. The molecular formula is C11H15ClN6O3. The molecule has 2 aromatic rings. The van der Waals surface area contributed by atoms with Gasteiger partial charge in [0.25, 0.3) is 5.89 Å². The molecular weight excluding hydrogens is 300 g/mol. The van der Waals surface area contributed by atoms with Crippen LogP contribution in [0.2, 0.25) is 0 Å². The molecule has 0 amide bonds. The van der Waals surface area contributed by atoms with Crippen molar-refractivity contribution in [1.29, 1.82) is 0 Å². The van der Waals surface area contributed by atoms with Crippen LogP contribution in [0, 0.1) is 17.0 Å². The highest BCUT2D eigenvalue weighted by Gasteiger charge is 2.40. The molecule has 0 radical (unpaired) electrons. The number of hydrogen-bond donors (Lipinski definition) is 1. The lowest BCUT2D eigenvalue weighted by molar-refractivity contribution is -0.384. The summed E-state index contributed by atoms with van der Waals surface area (Å²) in [5.41, 5.74) is 5.93. The molecule has 3 rings (SSSR count). The number of aryl methyl sites for hydroxylation is 2. The third-order valence-electron chi connectivity index (χ3n) is 3.69. The molecule has 0 bridgehead atoms. The molecule has 10 heteroatoms. The highest BCUT2D eigenvalue weighted by Crippen LogP contribution is 2.38. The van der Waals surface area contributed by atoms with Crippen LogP contribution < -0.4 is 5.73 Å². The maximum Gasteiger partial charge on any atom is 0.322 e. The Morgan fingerprint density at radius 1 is 1.48 bits per heavy atom. The zero-order valence-corrected chi connectivity index (χ0v) is 12.4. The van der Waals surface area contributed by atoms with Crippen molar-refractivity contribution in [3.05, 3.63) is 21.6 Å². The average molecular weight is 315 g/mol. The number of hydrogen-bond acceptors (Lipinski definition) is 7. The molecule has 1 saturated carbocycles. The Kier molecular flexibility index (Phi) is 3.72. The van der Waals surface area contributed by atoms with E-state index in [2.05, 4.69) is 15.2 Å². The van der Waals surface area contributed by atoms with E-state index in [0.29, 0.717) is 11.5 Å². The largest absolute Gasteiger partial charge is 0.332 e. The van der Waals surface area contributed by atoms with E-state index in [4.69, 9.17) is 10.3 Å². The fourth-order valence-corrected chi connectivity index (χ4v) is 2.41. The summed E-state index contributed by atoms with van der Waals surface area (Å²) in [6.45, 7) is 1.56. The Labute approximate surface area is 126 Å². The van der Waals surface area contributed by atoms with Crippen molar-refractivity contribution in [2.75, 3.05) is 0 Å². The first-order chi connectivity index (χ1) is 9.42. The topological polar surface area (TPSA) is 126 Å². The standard InChI is InChI=1S/C11H14N6O3.ClH/c1-6-7(17(18)19)8(16(2)14-6)9-13-10(15-20-9)11(12)4-3-5-11;/h3-5,12H2,1-2H3;1H. The summed E-state index contributed by atoms with van der Waals surface area (Å²) in [7, 11) is 1.60. The molecule has 1 aliphatic rings. The van der Waals surface area contributed by atoms with Gasteiger partial charge >= 0.3 is 5.69 Å². The maximum atomic E-state index is 11.1. The summed E-state index contributed by atoms with van der Waals surface area (Å²) >= 11 is 0. The van der Waals surface area contributed by atoms with E-state index in [9.17, 15) is 10.1 Å². The van der Waals surface area contributed by atoms with E-state index in [1.165, 1.54) is 4.68 Å². The van der Waals surface area contributed by atoms with Gasteiger partial charge in [-0.3, -0.25) is 14.8 Å². The van der Waals surface area contributed by atoms with Crippen LogP contribution in [0.25, 0.3) is 11.6 Å². The molecule has 2 aromatic heterocycles. The van der Waals surface area contributed by atoms with Crippen LogP contribution in [-0.4, -0.2) is 24.8 Å². The monoisotopic (exact) mass is 314 g/mol. The van der Waals surface area contributed by atoms with E-state index in [1.807, 2.05) is 0 Å². The lowest BCUT2D eigenvalue weighted by Gasteiger charge is -2.34. The molecule has 1 fully saturated rings. The van der Waals surface area contributed by atoms with Crippen molar-refractivity contribution in [3.8, 4) is 11.6 Å². The van der Waals surface area contributed by atoms with Crippen LogP contribution in [0.15, 0.2) is 4.52 Å². The molecule has 0 aromatic carbocycles. The SMILES string of the molecule is Cc1nn(C)c(-c2nc(C3(N)CCC3)no2)c1[N+](=O)[O-].Cl. The maximum absolute atomic E-state index is 11.1. The van der Waals surface area contributed by atoms with E-state index < -0.39 is 10.5 Å². The number of nitrogens with two attached hydrogens (primary N) is 1. The molecule has 21 heavy (non-hydrogen) atoms. The zero-order chi connectivity index (χ0) is 14.5. The van der Waals surface area contributed by atoms with Crippen molar-refractivity contribution in [2.45, 2.75) is 31.7 Å². The number of aromatic nitrogens is 4. The highest BCUT2D eigenvalue weighted by atomic mass is 35.5. The molecule has 0 saturated heterocycles. The molecule has 1 aliphatic carbocycles. The van der Waals surface area contributed by atoms with Crippen LogP contribution in [0.3, 0.4) is 0 Å². The van der Waals surface area contributed by atoms with Gasteiger partial charge in [-0.15, -0.1) is 12.4 Å². The molecule has 0 unspecified atom stereocenters. The van der Waals surface area contributed by atoms with Crippen LogP contribution in [-0.2, 0) is 12.6 Å². The summed E-state index contributed by atoms with van der Waals surface area (Å²) in [5, 5.41) is 19.0. The summed E-state index contributed by atoms with van der Waals surface area (Å²) in [5.74, 6) is 0.471. The number of nitro groups is 1. The van der Waals surface area contributed by atoms with Gasteiger partial charge < -0.3 is 10.3 Å². The van der Waals surface area contributed by atoms with Crippen molar-refractivity contribution in [3.63, 3.8) is 0 Å². The van der Waals surface area contributed by atoms with Gasteiger partial charge in [0.2, 0.25) is 5.69 Å². The number of rotatable bonds is 3. The Balaban J connectivity index is 0.00000161. The molecule has 2 N–H and O–H groups in total. The van der Waals surface area contributed by atoms with Gasteiger partial charge in [0.1, 0.15) is 5.69 Å². The normalized spacial score (nSPS) is 16.1. The van der Waals surface area contributed by atoms with Gasteiger partial charge in [-0.1, -0.05) is 5.16 Å². The summed E-state index contributed by atoms with van der Waals surface area (Å²) in [6.07, 6.45) is 2.60. The predicted molar refractivity (Wildman–Crippen MR) is 74.9 cm³/mol. The Bertz CT molecular complexity index is 690. The third kappa shape index (κ3) is 2.28. The molecule has 0 spiro atoms. The first-order valence-electron chi connectivity index (χ1n) is 6.24. The van der Waals surface area contributed by atoms with Gasteiger partial charge in [-0.2, -0.15) is 10.1 Å². The summed E-state index contributed by atoms with van der Waals surface area (Å²) < 4.78 is 6.52. The smallest absolute Gasteiger partial charge is 0.322 e. The Hall–Kier alpha value is -2.00. The Morgan fingerprint density at radius 2 is 2.14 bits per heavy atom. The molecule has 2 heterocycles. The minimum Gasteiger partial charge on any atom is -0.332 e. The first-order valence-corrected chi connectivity index (χ1v) is 6.24. The van der Waals surface area contributed by atoms with Crippen molar-refractivity contribution >= 4 is 18.1 Å². The Morgan fingerprint density at radius 3 is 2.67 bits per heavy atom. The fourth-order valence-electron chi connectivity index (χ4n) is 2.41. The predicted octanol–water partition coefficient (Wildman–Crippen LogP) is 1.45. The number of halogens is 1. The molecule has 9 nitrogen and oxygen atoms in total. The third-order valence-corrected chi connectivity index (χ3v) is 3.69. The van der Waals surface area contributed by atoms with Crippen LogP contribution in [0.1, 0.15) is 30.8 Å². The van der Waals surface area contributed by atoms with Crippen LogP contribution >= 0.6 is 12.4 Å². The van der Waals surface area contributed by atoms with Crippen molar-refractivity contribution < 1.29 is 9.45 Å². The van der Waals surface area contributed by atoms with E-state index in [-0.39, 0.29) is 29.7 Å². The van der Waals surface area contributed by atoms with Crippen LogP contribution in [0.4, 0.5) is 5.69 Å². The quantitative estimate of drug-likeness (QED) is 0.671. The van der Waals surface area contributed by atoms with E-state index >= 15 is 0 Å². The van der Waals surface area contributed by atoms with Gasteiger partial charge in [0.05, 0.1) is 10.5 Å². The second-order valence-corrected chi connectivity index (χ2v) is 5.10. The number of nitrogens with zero attached hydrogens (tertiary/aromatic N) is 5.